The highest BCUT2D eigenvalue weighted by Gasteiger charge is 2.45. The first kappa shape index (κ1) is 27.7. The van der Waals surface area contributed by atoms with Crippen LogP contribution in [-0.2, 0) is 10.8 Å². The number of hydrogen-bond acceptors (Lipinski definition) is 1. The summed E-state index contributed by atoms with van der Waals surface area (Å²) < 4.78 is 2.49. The number of benzene rings is 2. The molecule has 0 bridgehead atoms. The van der Waals surface area contributed by atoms with Gasteiger partial charge in [0.15, 0.2) is 11.8 Å². The molecule has 2 aromatic carbocycles. The van der Waals surface area contributed by atoms with E-state index in [4.69, 9.17) is 11.6 Å². The van der Waals surface area contributed by atoms with Gasteiger partial charge in [0, 0.05) is 45.6 Å². The van der Waals surface area contributed by atoms with E-state index in [9.17, 15) is 0 Å². The van der Waals surface area contributed by atoms with Crippen LogP contribution in [0.4, 0.5) is 11.4 Å². The van der Waals surface area contributed by atoms with Crippen LogP contribution in [0.5, 0.6) is 0 Å². The number of fused-ring (bicyclic) bond motifs is 2. The lowest BCUT2D eigenvalue weighted by molar-refractivity contribution is -0.472. The number of allylic oxidation sites excluding steroid dienone is 8. The fourth-order valence-electron chi connectivity index (χ4n) is 6.82. The van der Waals surface area contributed by atoms with Crippen molar-refractivity contribution in [3.8, 4) is 0 Å². The summed E-state index contributed by atoms with van der Waals surface area (Å²) in [6.45, 7) is 18.4. The normalized spacial score (nSPS) is 22.3. The molecule has 5 rings (SSSR count). The van der Waals surface area contributed by atoms with Crippen molar-refractivity contribution in [1.82, 2.24) is 0 Å². The summed E-state index contributed by atoms with van der Waals surface area (Å²) in [5.41, 5.74) is 10.5. The van der Waals surface area contributed by atoms with E-state index < -0.39 is 0 Å². The maximum absolute atomic E-state index is 7.13. The minimum Gasteiger partial charge on any atom is -0.341 e. The van der Waals surface area contributed by atoms with Crippen LogP contribution in [0, 0.1) is 0 Å². The van der Waals surface area contributed by atoms with Gasteiger partial charge in [-0.25, -0.2) is 0 Å². The van der Waals surface area contributed by atoms with Crippen molar-refractivity contribution in [2.45, 2.75) is 97.6 Å². The van der Waals surface area contributed by atoms with Crippen LogP contribution in [0.2, 0.25) is 0 Å². The third-order valence-corrected chi connectivity index (χ3v) is 9.33. The third kappa shape index (κ3) is 4.65. The van der Waals surface area contributed by atoms with Gasteiger partial charge in [0.05, 0.1) is 5.41 Å². The zero-order chi connectivity index (χ0) is 28.1. The standard InChI is InChI=1S/C36H44ClN2/c1-24(2)38-30-18-11-9-16-28(30)35(5,6)32(38)22-20-26-14-13-15-27(34(26)37)21-23-33-36(7,8)29-17-10-12-19-31(29)39(33)25(3)4/h9-12,16-25H,13-15H2,1-8H3/q+1. The number of nitrogens with zero attached hydrogens (tertiary/aromatic N) is 2. The smallest absolute Gasteiger partial charge is 0.209 e. The summed E-state index contributed by atoms with van der Waals surface area (Å²) in [7, 11) is 0. The quantitative estimate of drug-likeness (QED) is 0.343. The zero-order valence-electron chi connectivity index (χ0n) is 25.0. The van der Waals surface area contributed by atoms with E-state index in [1.54, 1.807) is 0 Å². The topological polar surface area (TPSA) is 6.25 Å². The summed E-state index contributed by atoms with van der Waals surface area (Å²) in [5.74, 6) is 0. The molecule has 3 heteroatoms. The van der Waals surface area contributed by atoms with Crippen LogP contribution < -0.4 is 4.90 Å². The van der Waals surface area contributed by atoms with E-state index >= 15 is 0 Å². The molecule has 0 N–H and O–H groups in total. The second kappa shape index (κ2) is 10.3. The molecule has 0 atom stereocenters. The summed E-state index contributed by atoms with van der Waals surface area (Å²) >= 11 is 7.13. The van der Waals surface area contributed by atoms with Crippen molar-refractivity contribution in [1.29, 1.82) is 0 Å². The van der Waals surface area contributed by atoms with E-state index in [1.807, 2.05) is 0 Å². The summed E-state index contributed by atoms with van der Waals surface area (Å²) in [6, 6.07) is 18.4. The number of halogens is 1. The third-order valence-electron chi connectivity index (χ3n) is 8.85. The van der Waals surface area contributed by atoms with Gasteiger partial charge in [-0.05, 0) is 89.7 Å². The molecule has 0 saturated heterocycles. The summed E-state index contributed by atoms with van der Waals surface area (Å²) in [5, 5.41) is 0.920. The van der Waals surface area contributed by atoms with Gasteiger partial charge in [0.2, 0.25) is 5.69 Å². The molecule has 39 heavy (non-hydrogen) atoms. The molecular formula is C36H44ClN2+. The Hall–Kier alpha value is -2.84. The van der Waals surface area contributed by atoms with E-state index in [2.05, 4.69) is 138 Å². The van der Waals surface area contributed by atoms with Crippen LogP contribution in [-0.4, -0.2) is 22.4 Å². The van der Waals surface area contributed by atoms with Crippen molar-refractivity contribution < 1.29 is 4.58 Å². The average Bonchev–Trinajstić information content (AvgIpc) is 3.26. The van der Waals surface area contributed by atoms with E-state index in [0.717, 1.165) is 24.3 Å². The highest BCUT2D eigenvalue weighted by molar-refractivity contribution is 6.32. The molecule has 2 aromatic rings. The van der Waals surface area contributed by atoms with Crippen molar-refractivity contribution in [3.05, 3.63) is 106 Å². The van der Waals surface area contributed by atoms with Gasteiger partial charge in [0.1, 0.15) is 0 Å². The number of hydrogen-bond donors (Lipinski definition) is 0. The number of anilines is 1. The van der Waals surface area contributed by atoms with E-state index in [-0.39, 0.29) is 10.8 Å². The number of rotatable bonds is 5. The first-order valence-electron chi connectivity index (χ1n) is 14.6. The van der Waals surface area contributed by atoms with Crippen LogP contribution in [0.15, 0.2) is 94.7 Å². The van der Waals surface area contributed by atoms with Gasteiger partial charge in [-0.2, -0.15) is 4.58 Å². The molecular weight excluding hydrogens is 496 g/mol. The molecule has 0 fully saturated rings. The molecule has 0 spiro atoms. The van der Waals surface area contributed by atoms with Crippen molar-refractivity contribution in [2.75, 3.05) is 4.90 Å². The zero-order valence-corrected chi connectivity index (χ0v) is 25.7. The Morgan fingerprint density at radius 3 is 2.18 bits per heavy atom. The van der Waals surface area contributed by atoms with Crippen LogP contribution >= 0.6 is 11.6 Å². The molecule has 0 saturated carbocycles. The molecule has 2 heterocycles. The summed E-state index contributed by atoms with van der Waals surface area (Å²) in [6.07, 6.45) is 12.4. The minimum absolute atomic E-state index is 0.0501. The predicted octanol–water partition coefficient (Wildman–Crippen LogP) is 9.72. The Morgan fingerprint density at radius 1 is 0.821 bits per heavy atom. The van der Waals surface area contributed by atoms with Crippen LogP contribution in [0.1, 0.15) is 85.8 Å². The first-order chi connectivity index (χ1) is 18.5. The molecule has 1 aliphatic carbocycles. The molecule has 2 aliphatic heterocycles. The lowest BCUT2D eigenvalue weighted by atomic mass is 9.81. The number of para-hydroxylation sites is 2. The minimum atomic E-state index is -0.0501. The Labute approximate surface area is 241 Å². The summed E-state index contributed by atoms with van der Waals surface area (Å²) in [4.78, 5) is 2.49. The maximum Gasteiger partial charge on any atom is 0.209 e. The molecule has 204 valence electrons. The largest absolute Gasteiger partial charge is 0.341 e. The fourth-order valence-corrected chi connectivity index (χ4v) is 7.13. The Morgan fingerprint density at radius 2 is 1.49 bits per heavy atom. The fraction of sp³-hybridized carbons (Fsp3) is 0.417. The first-order valence-corrected chi connectivity index (χ1v) is 15.0. The van der Waals surface area contributed by atoms with Gasteiger partial charge < -0.3 is 4.90 Å². The molecule has 0 amide bonds. The predicted molar refractivity (Wildman–Crippen MR) is 169 cm³/mol. The van der Waals surface area contributed by atoms with Gasteiger partial charge in [0.25, 0.3) is 0 Å². The van der Waals surface area contributed by atoms with Crippen LogP contribution in [0.3, 0.4) is 0 Å². The molecule has 0 aromatic heterocycles. The molecule has 0 unspecified atom stereocenters. The monoisotopic (exact) mass is 539 g/mol. The Bertz CT molecular complexity index is 1440. The van der Waals surface area contributed by atoms with Gasteiger partial charge in [-0.15, -0.1) is 0 Å². The molecule has 0 radical (unpaired) electrons. The lowest BCUT2D eigenvalue weighted by Gasteiger charge is -2.30. The Balaban J connectivity index is 1.51. The van der Waals surface area contributed by atoms with Gasteiger partial charge in [-0.3, -0.25) is 0 Å². The highest BCUT2D eigenvalue weighted by atomic mass is 35.5. The second-order valence-electron chi connectivity index (χ2n) is 12.9. The van der Waals surface area contributed by atoms with E-state index in [1.165, 1.54) is 45.1 Å². The van der Waals surface area contributed by atoms with Crippen molar-refractivity contribution in [3.63, 3.8) is 0 Å². The SMILES string of the molecule is CC(C)N1C(=CC=C2CCCC(C=CC3=[N+](C(C)C)c4ccccc4C3(C)C)=C2Cl)C(C)(C)c2ccccc21. The highest BCUT2D eigenvalue weighted by Crippen LogP contribution is 2.49. The lowest BCUT2D eigenvalue weighted by Crippen LogP contribution is -2.31. The Kier molecular flexibility index (Phi) is 7.31. The van der Waals surface area contributed by atoms with Gasteiger partial charge >= 0.3 is 0 Å². The molecule has 3 aliphatic rings. The van der Waals surface area contributed by atoms with Crippen LogP contribution in [0.25, 0.3) is 0 Å². The maximum atomic E-state index is 7.13. The molecule has 2 nitrogen and oxygen atoms in total. The second-order valence-corrected chi connectivity index (χ2v) is 13.2. The van der Waals surface area contributed by atoms with Gasteiger partial charge in [-0.1, -0.05) is 74.0 Å². The average molecular weight is 540 g/mol. The van der Waals surface area contributed by atoms with Crippen molar-refractivity contribution >= 4 is 28.7 Å². The van der Waals surface area contributed by atoms with Crippen molar-refractivity contribution in [2.24, 2.45) is 0 Å². The van der Waals surface area contributed by atoms with E-state index in [0.29, 0.717) is 12.1 Å².